The van der Waals surface area contributed by atoms with Gasteiger partial charge in [-0.3, -0.25) is 9.59 Å². The van der Waals surface area contributed by atoms with Crippen LogP contribution in [0.25, 0.3) is 0 Å². The fourth-order valence-electron chi connectivity index (χ4n) is 3.87. The molecular weight excluding hydrogens is 304 g/mol. The molecule has 0 amide bonds. The Morgan fingerprint density at radius 1 is 1.13 bits per heavy atom. The molecule has 1 saturated carbocycles. The van der Waals surface area contributed by atoms with Gasteiger partial charge in [-0.05, 0) is 42.9 Å². The summed E-state index contributed by atoms with van der Waals surface area (Å²) >= 11 is 0. The van der Waals surface area contributed by atoms with Gasteiger partial charge >= 0.3 is 17.9 Å². The molecule has 0 aromatic rings. The van der Waals surface area contributed by atoms with Gasteiger partial charge in [-0.2, -0.15) is 0 Å². The average molecular weight is 330 g/mol. The first-order valence-corrected chi connectivity index (χ1v) is 7.84. The normalized spacial score (nSPS) is 28.8. The summed E-state index contributed by atoms with van der Waals surface area (Å²) in [7, 11) is 0. The Balaban J connectivity index is 3.17. The van der Waals surface area contributed by atoms with E-state index in [-0.39, 0.29) is 0 Å². The van der Waals surface area contributed by atoms with Crippen LogP contribution in [0, 0.1) is 23.2 Å². The van der Waals surface area contributed by atoms with Gasteiger partial charge in [-0.1, -0.05) is 20.8 Å². The second kappa shape index (κ2) is 6.86. The first kappa shape index (κ1) is 19.4. The molecule has 0 aliphatic heterocycles. The van der Waals surface area contributed by atoms with Crippen LogP contribution in [0.5, 0.6) is 0 Å². The molecule has 1 aliphatic carbocycles. The molecule has 7 nitrogen and oxygen atoms in total. The molecule has 0 heterocycles. The molecule has 4 N–H and O–H groups in total. The van der Waals surface area contributed by atoms with Gasteiger partial charge < -0.3 is 20.4 Å². The van der Waals surface area contributed by atoms with Crippen molar-refractivity contribution in [2.24, 2.45) is 23.2 Å². The summed E-state index contributed by atoms with van der Waals surface area (Å²) in [5, 5.41) is 38.2. The summed E-state index contributed by atoms with van der Waals surface area (Å²) in [5.41, 5.74) is -3.78. The average Bonchev–Trinajstić information content (AvgIpc) is 2.36. The third-order valence-electron chi connectivity index (χ3n) is 5.33. The van der Waals surface area contributed by atoms with E-state index in [1.807, 2.05) is 0 Å². The number of aliphatic hydroxyl groups is 1. The maximum Gasteiger partial charge on any atom is 0.337 e. The van der Waals surface area contributed by atoms with E-state index in [4.69, 9.17) is 5.11 Å². The molecule has 1 fully saturated rings. The highest BCUT2D eigenvalue weighted by Crippen LogP contribution is 2.50. The van der Waals surface area contributed by atoms with Crippen molar-refractivity contribution < 1.29 is 34.8 Å². The largest absolute Gasteiger partial charge is 0.481 e. The molecule has 0 aromatic carbocycles. The Bertz CT molecular complexity index is 477. The van der Waals surface area contributed by atoms with E-state index in [9.17, 15) is 29.7 Å². The molecule has 0 radical (unpaired) electrons. The summed E-state index contributed by atoms with van der Waals surface area (Å²) in [6.07, 6.45) is 1.23. The Labute approximate surface area is 135 Å². The predicted molar refractivity (Wildman–Crippen MR) is 80.9 cm³/mol. The van der Waals surface area contributed by atoms with Crippen molar-refractivity contribution >= 4 is 17.9 Å². The number of aliphatic carboxylic acids is 3. The number of rotatable bonds is 7. The summed E-state index contributed by atoms with van der Waals surface area (Å²) in [6, 6.07) is 0. The Morgan fingerprint density at radius 2 is 1.61 bits per heavy atom. The zero-order valence-electron chi connectivity index (χ0n) is 13.8. The van der Waals surface area contributed by atoms with Crippen LogP contribution in [0.15, 0.2) is 0 Å². The van der Waals surface area contributed by atoms with Crippen molar-refractivity contribution in [3.8, 4) is 0 Å². The van der Waals surface area contributed by atoms with Gasteiger partial charge in [0.25, 0.3) is 0 Å². The van der Waals surface area contributed by atoms with E-state index in [0.29, 0.717) is 24.7 Å². The molecule has 0 aromatic heterocycles. The van der Waals surface area contributed by atoms with Crippen LogP contribution < -0.4 is 0 Å². The zero-order chi connectivity index (χ0) is 18.0. The van der Waals surface area contributed by atoms with Gasteiger partial charge in [0.15, 0.2) is 5.60 Å². The van der Waals surface area contributed by atoms with Crippen LogP contribution in [-0.2, 0) is 14.4 Å². The lowest BCUT2D eigenvalue weighted by Crippen LogP contribution is -2.57. The fraction of sp³-hybridized carbons (Fsp3) is 0.812. The third-order valence-corrected chi connectivity index (χ3v) is 5.33. The minimum absolute atomic E-state index is 0.426. The lowest BCUT2D eigenvalue weighted by molar-refractivity contribution is -0.190. The summed E-state index contributed by atoms with van der Waals surface area (Å²) in [5.74, 6) is -5.62. The van der Waals surface area contributed by atoms with E-state index in [1.165, 1.54) is 0 Å². The molecule has 7 heteroatoms. The number of hydrogen-bond acceptors (Lipinski definition) is 4. The van der Waals surface area contributed by atoms with Gasteiger partial charge in [-0.15, -0.1) is 0 Å². The van der Waals surface area contributed by atoms with Gasteiger partial charge in [0, 0.05) is 0 Å². The third kappa shape index (κ3) is 4.02. The van der Waals surface area contributed by atoms with Gasteiger partial charge in [-0.25, -0.2) is 4.79 Å². The molecule has 1 rings (SSSR count). The van der Waals surface area contributed by atoms with E-state index < -0.39 is 41.3 Å². The monoisotopic (exact) mass is 330 g/mol. The number of carbonyl (C=O) groups is 3. The molecule has 2 unspecified atom stereocenters. The SMILES string of the molecule is CC(C)C1CCC(C)(C(C(=O)O)C(O)(CC(=O)O)C(=O)O)CC1. The maximum absolute atomic E-state index is 11.7. The molecule has 0 saturated heterocycles. The molecule has 0 bridgehead atoms. The highest BCUT2D eigenvalue weighted by molar-refractivity contribution is 5.90. The van der Waals surface area contributed by atoms with Crippen LogP contribution in [0.4, 0.5) is 0 Å². The van der Waals surface area contributed by atoms with Gasteiger partial charge in [0.05, 0.1) is 6.42 Å². The first-order chi connectivity index (χ1) is 10.4. The molecule has 2 atom stereocenters. The number of hydrogen-bond donors (Lipinski definition) is 4. The second-order valence-electron chi connectivity index (χ2n) is 7.31. The Hall–Kier alpha value is -1.63. The van der Waals surface area contributed by atoms with Crippen molar-refractivity contribution in [3.05, 3.63) is 0 Å². The molecular formula is C16H26O7. The summed E-state index contributed by atoms with van der Waals surface area (Å²) in [4.78, 5) is 34.2. The van der Waals surface area contributed by atoms with Crippen LogP contribution in [0.2, 0.25) is 0 Å². The fourth-order valence-corrected chi connectivity index (χ4v) is 3.87. The predicted octanol–water partition coefficient (Wildman–Crippen LogP) is 1.83. The highest BCUT2D eigenvalue weighted by Gasteiger charge is 2.58. The quantitative estimate of drug-likeness (QED) is 0.560. The maximum atomic E-state index is 11.7. The molecule has 1 aliphatic rings. The summed E-state index contributed by atoms with van der Waals surface area (Å²) in [6.45, 7) is 5.80. The van der Waals surface area contributed by atoms with Crippen LogP contribution in [0.1, 0.15) is 52.9 Å². The van der Waals surface area contributed by atoms with Crippen molar-refractivity contribution in [2.45, 2.75) is 58.5 Å². The van der Waals surface area contributed by atoms with Crippen molar-refractivity contribution in [3.63, 3.8) is 0 Å². The van der Waals surface area contributed by atoms with Crippen LogP contribution >= 0.6 is 0 Å². The van der Waals surface area contributed by atoms with Crippen LogP contribution in [-0.4, -0.2) is 43.9 Å². The Morgan fingerprint density at radius 3 is 1.91 bits per heavy atom. The Kier molecular flexibility index (Phi) is 5.79. The highest BCUT2D eigenvalue weighted by atomic mass is 16.4. The van der Waals surface area contributed by atoms with Gasteiger partial charge in [0.1, 0.15) is 5.92 Å². The minimum atomic E-state index is -2.82. The molecule has 132 valence electrons. The summed E-state index contributed by atoms with van der Waals surface area (Å²) < 4.78 is 0. The lowest BCUT2D eigenvalue weighted by Gasteiger charge is -2.46. The van der Waals surface area contributed by atoms with Crippen LogP contribution in [0.3, 0.4) is 0 Å². The topological polar surface area (TPSA) is 132 Å². The second-order valence-corrected chi connectivity index (χ2v) is 7.31. The van der Waals surface area contributed by atoms with Crippen molar-refractivity contribution in [2.75, 3.05) is 0 Å². The first-order valence-electron chi connectivity index (χ1n) is 7.84. The lowest BCUT2D eigenvalue weighted by atomic mass is 9.58. The van der Waals surface area contributed by atoms with E-state index >= 15 is 0 Å². The smallest absolute Gasteiger partial charge is 0.337 e. The van der Waals surface area contributed by atoms with Crippen molar-refractivity contribution in [1.29, 1.82) is 0 Å². The minimum Gasteiger partial charge on any atom is -0.481 e. The molecule has 0 spiro atoms. The van der Waals surface area contributed by atoms with Crippen molar-refractivity contribution in [1.82, 2.24) is 0 Å². The zero-order valence-corrected chi connectivity index (χ0v) is 13.8. The van der Waals surface area contributed by atoms with E-state index in [1.54, 1.807) is 6.92 Å². The molecule has 23 heavy (non-hydrogen) atoms. The number of carboxylic acid groups (broad SMARTS) is 3. The van der Waals surface area contributed by atoms with Gasteiger partial charge in [0.2, 0.25) is 0 Å². The standard InChI is InChI=1S/C16H26O7/c1-9(2)10-4-6-15(3,7-5-10)12(13(19)20)16(23,14(21)22)8-11(17)18/h9-10,12,23H,4-8H2,1-3H3,(H,17,18)(H,19,20)(H,21,22). The van der Waals surface area contributed by atoms with E-state index in [0.717, 1.165) is 12.8 Å². The number of carboxylic acids is 3. The van der Waals surface area contributed by atoms with E-state index in [2.05, 4.69) is 13.8 Å².